The number of nitrogens with zero attached hydrogens (tertiary/aromatic N) is 5. The lowest BCUT2D eigenvalue weighted by Crippen LogP contribution is -2.47. The second-order valence-electron chi connectivity index (χ2n) is 9.26. The van der Waals surface area contributed by atoms with Gasteiger partial charge in [0.2, 0.25) is 11.7 Å². The molecule has 188 valence electrons. The number of carbonyl (C=O) groups is 1. The number of hydrogen-bond donors (Lipinski definition) is 0. The second kappa shape index (κ2) is 11.1. The number of ether oxygens (including phenoxy) is 2. The molecule has 0 N–H and O–H groups in total. The first kappa shape index (κ1) is 24.2. The highest BCUT2D eigenvalue weighted by Crippen LogP contribution is 2.34. The highest BCUT2D eigenvalue weighted by Gasteiger charge is 2.23. The molecule has 0 amide bonds. The van der Waals surface area contributed by atoms with Gasteiger partial charge in [-0.25, -0.2) is 0 Å². The van der Waals surface area contributed by atoms with Crippen molar-refractivity contribution in [1.29, 1.82) is 0 Å². The predicted molar refractivity (Wildman–Crippen MR) is 132 cm³/mol. The van der Waals surface area contributed by atoms with Crippen molar-refractivity contribution in [2.75, 3.05) is 52.5 Å². The smallest absolute Gasteiger partial charge is 0.320 e. The molecule has 2 aliphatic rings. The summed E-state index contributed by atoms with van der Waals surface area (Å²) in [7, 11) is 0. The molecule has 0 spiro atoms. The van der Waals surface area contributed by atoms with E-state index >= 15 is 0 Å². The summed E-state index contributed by atoms with van der Waals surface area (Å²) in [6.07, 6.45) is 4.21. The molecule has 0 unspecified atom stereocenters. The van der Waals surface area contributed by atoms with Crippen LogP contribution in [0.3, 0.4) is 0 Å². The van der Waals surface area contributed by atoms with Crippen molar-refractivity contribution >= 4 is 28.5 Å². The van der Waals surface area contributed by atoms with Gasteiger partial charge >= 0.3 is 5.97 Å². The minimum Gasteiger partial charge on any atom is -0.465 e. The molecule has 5 rings (SSSR count). The lowest BCUT2D eigenvalue weighted by molar-refractivity contribution is -0.144. The molecular weight excluding hydrogens is 470 g/mol. The summed E-state index contributed by atoms with van der Waals surface area (Å²) < 4.78 is 18.4. The van der Waals surface area contributed by atoms with Crippen LogP contribution in [0.15, 0.2) is 28.9 Å². The number of aromatic nitrogens is 3. The standard InChI is InChI=1S/C25H32ClN5O4/c1-2-34-23(32)17-30-10-8-29(9-11-30)16-22-27-25(28-35-22)20-15-31(14-18-6-12-33-13-7-18)24-19(20)4-3-5-21(24)26/h3-5,15,18H,2,6-14,16-17H2,1H3. The van der Waals surface area contributed by atoms with Crippen molar-refractivity contribution in [2.45, 2.75) is 32.9 Å². The van der Waals surface area contributed by atoms with E-state index in [1.807, 2.05) is 19.1 Å². The largest absolute Gasteiger partial charge is 0.465 e. The normalized spacial score (nSPS) is 18.3. The highest BCUT2D eigenvalue weighted by molar-refractivity contribution is 6.35. The molecule has 2 saturated heterocycles. The van der Waals surface area contributed by atoms with Crippen molar-refractivity contribution in [3.05, 3.63) is 35.3 Å². The van der Waals surface area contributed by atoms with Crippen LogP contribution in [0, 0.1) is 5.92 Å². The van der Waals surface area contributed by atoms with E-state index in [4.69, 9.17) is 30.6 Å². The van der Waals surface area contributed by atoms with E-state index in [0.717, 1.165) is 80.3 Å². The van der Waals surface area contributed by atoms with E-state index in [1.54, 1.807) is 0 Å². The van der Waals surface area contributed by atoms with Crippen LogP contribution in [0.25, 0.3) is 22.3 Å². The molecular formula is C25H32ClN5O4. The van der Waals surface area contributed by atoms with E-state index in [0.29, 0.717) is 37.3 Å². The van der Waals surface area contributed by atoms with E-state index < -0.39 is 0 Å². The van der Waals surface area contributed by atoms with E-state index in [1.165, 1.54) is 0 Å². The van der Waals surface area contributed by atoms with E-state index in [-0.39, 0.29) is 5.97 Å². The highest BCUT2D eigenvalue weighted by atomic mass is 35.5. The fourth-order valence-electron chi connectivity index (χ4n) is 4.96. The fraction of sp³-hybridized carbons (Fsp3) is 0.560. The van der Waals surface area contributed by atoms with Gasteiger partial charge in [0.15, 0.2) is 0 Å². The zero-order valence-electron chi connectivity index (χ0n) is 20.1. The number of fused-ring (bicyclic) bond motifs is 1. The third-order valence-corrected chi connectivity index (χ3v) is 7.14. The van der Waals surface area contributed by atoms with Crippen LogP contribution in [0.2, 0.25) is 5.02 Å². The summed E-state index contributed by atoms with van der Waals surface area (Å²) in [4.78, 5) is 20.8. The SMILES string of the molecule is CCOC(=O)CN1CCN(Cc2nc(-c3cn(CC4CCOCC4)c4c(Cl)cccc34)no2)CC1. The molecule has 2 aromatic heterocycles. The number of carbonyl (C=O) groups excluding carboxylic acids is 1. The summed E-state index contributed by atoms with van der Waals surface area (Å²) in [5, 5.41) is 6.06. The Labute approximate surface area is 209 Å². The summed E-state index contributed by atoms with van der Waals surface area (Å²) in [5.74, 6) is 1.57. The second-order valence-corrected chi connectivity index (χ2v) is 9.66. The van der Waals surface area contributed by atoms with Crippen molar-refractivity contribution in [1.82, 2.24) is 24.5 Å². The van der Waals surface area contributed by atoms with Crippen LogP contribution in [-0.2, 0) is 27.4 Å². The summed E-state index contributed by atoms with van der Waals surface area (Å²) in [5.41, 5.74) is 1.95. The molecule has 0 aliphatic carbocycles. The molecule has 9 nitrogen and oxygen atoms in total. The van der Waals surface area contributed by atoms with Gasteiger partial charge in [-0.2, -0.15) is 4.98 Å². The molecule has 0 saturated carbocycles. The lowest BCUT2D eigenvalue weighted by atomic mass is 10.0. The van der Waals surface area contributed by atoms with Gasteiger partial charge < -0.3 is 18.6 Å². The number of halogens is 1. The van der Waals surface area contributed by atoms with Crippen molar-refractivity contribution < 1.29 is 18.8 Å². The van der Waals surface area contributed by atoms with Gasteiger partial charge in [-0.05, 0) is 31.7 Å². The van der Waals surface area contributed by atoms with Gasteiger partial charge in [-0.15, -0.1) is 0 Å². The van der Waals surface area contributed by atoms with Crippen molar-refractivity contribution in [3.63, 3.8) is 0 Å². The molecule has 10 heteroatoms. The Balaban J connectivity index is 1.27. The van der Waals surface area contributed by atoms with Gasteiger partial charge in [-0.1, -0.05) is 28.9 Å². The van der Waals surface area contributed by atoms with Crippen LogP contribution < -0.4 is 0 Å². The average molecular weight is 502 g/mol. The van der Waals surface area contributed by atoms with E-state index in [2.05, 4.69) is 31.8 Å². The zero-order valence-corrected chi connectivity index (χ0v) is 20.9. The molecule has 2 aliphatic heterocycles. The third-order valence-electron chi connectivity index (χ3n) is 6.84. The zero-order chi connectivity index (χ0) is 24.2. The van der Waals surface area contributed by atoms with Crippen molar-refractivity contribution in [2.24, 2.45) is 5.92 Å². The molecule has 2 fully saturated rings. The van der Waals surface area contributed by atoms with Gasteiger partial charge in [0.05, 0.1) is 30.2 Å². The van der Waals surface area contributed by atoms with Gasteiger partial charge in [0.1, 0.15) is 0 Å². The summed E-state index contributed by atoms with van der Waals surface area (Å²) in [6.45, 7) is 8.96. The van der Waals surface area contributed by atoms with Crippen LogP contribution >= 0.6 is 11.6 Å². The van der Waals surface area contributed by atoms with E-state index in [9.17, 15) is 4.79 Å². The number of esters is 1. The molecule has 0 radical (unpaired) electrons. The van der Waals surface area contributed by atoms with Crippen LogP contribution in [0.5, 0.6) is 0 Å². The van der Waals surface area contributed by atoms with Crippen LogP contribution in [-0.4, -0.2) is 83.0 Å². The molecule has 0 bridgehead atoms. The fourth-order valence-corrected chi connectivity index (χ4v) is 5.24. The summed E-state index contributed by atoms with van der Waals surface area (Å²) >= 11 is 6.63. The van der Waals surface area contributed by atoms with Crippen LogP contribution in [0.1, 0.15) is 25.7 Å². The first-order valence-electron chi connectivity index (χ1n) is 12.4. The van der Waals surface area contributed by atoms with Gasteiger partial charge in [-0.3, -0.25) is 14.6 Å². The first-order valence-corrected chi connectivity index (χ1v) is 12.8. The minimum absolute atomic E-state index is 0.168. The number of piperazine rings is 1. The average Bonchev–Trinajstić information content (AvgIpc) is 3.46. The number of benzene rings is 1. The molecule has 1 aromatic carbocycles. The first-order chi connectivity index (χ1) is 17.1. The topological polar surface area (TPSA) is 85.9 Å². The number of hydrogen-bond acceptors (Lipinski definition) is 8. The minimum atomic E-state index is -0.168. The predicted octanol–water partition coefficient (Wildman–Crippen LogP) is 3.45. The van der Waals surface area contributed by atoms with Crippen molar-refractivity contribution in [3.8, 4) is 11.4 Å². The van der Waals surface area contributed by atoms with Gasteiger partial charge in [0, 0.05) is 63.1 Å². The Morgan fingerprint density at radius 3 is 2.71 bits per heavy atom. The Kier molecular flexibility index (Phi) is 7.67. The van der Waals surface area contributed by atoms with Crippen LogP contribution in [0.4, 0.5) is 0 Å². The molecule has 0 atom stereocenters. The Hall–Kier alpha value is -2.46. The third kappa shape index (κ3) is 5.69. The van der Waals surface area contributed by atoms with Gasteiger partial charge in [0.25, 0.3) is 0 Å². The summed E-state index contributed by atoms with van der Waals surface area (Å²) in [6, 6.07) is 5.96. The number of rotatable bonds is 8. The monoisotopic (exact) mass is 501 g/mol. The maximum absolute atomic E-state index is 11.7. The maximum atomic E-state index is 11.7. The Morgan fingerprint density at radius 2 is 1.94 bits per heavy atom. The lowest BCUT2D eigenvalue weighted by Gasteiger charge is -2.33. The number of para-hydroxylation sites is 1. The quantitative estimate of drug-likeness (QED) is 0.434. The Bertz CT molecular complexity index is 1150. The molecule has 4 heterocycles. The molecule has 3 aromatic rings. The maximum Gasteiger partial charge on any atom is 0.320 e. The Morgan fingerprint density at radius 1 is 1.17 bits per heavy atom. The molecule has 35 heavy (non-hydrogen) atoms.